The molecule has 4 aliphatic carbocycles. The summed E-state index contributed by atoms with van der Waals surface area (Å²) in [5.74, 6) is -130. The van der Waals surface area contributed by atoms with Crippen LogP contribution in [0.1, 0.15) is 87.5 Å². The van der Waals surface area contributed by atoms with Crippen molar-refractivity contribution in [1.29, 1.82) is 0 Å². The minimum Gasteiger partial charge on any atom is -0.349 e. The predicted octanol–water partition coefficient (Wildman–Crippen LogP) is 21.5. The van der Waals surface area contributed by atoms with Gasteiger partial charge in [0.05, 0.1) is 30.9 Å². The van der Waals surface area contributed by atoms with Gasteiger partial charge in [-0.2, -0.15) is 0 Å². The summed E-state index contributed by atoms with van der Waals surface area (Å²) < 4.78 is 593. The van der Waals surface area contributed by atoms with Crippen molar-refractivity contribution >= 4 is 6.15 Å². The van der Waals surface area contributed by atoms with Gasteiger partial charge in [0, 0.05) is 44.5 Å². The molecule has 0 spiro atoms. The molecule has 0 amide bonds. The van der Waals surface area contributed by atoms with Gasteiger partial charge in [-0.25, -0.2) is 167 Å². The first kappa shape index (κ1) is 78.2. The average Bonchev–Trinajstić information content (AvgIpc) is 1.47. The summed E-state index contributed by atoms with van der Waals surface area (Å²) in [5.41, 5.74) is -42.5. The largest absolute Gasteiger partial charge is 0.349 e. The van der Waals surface area contributed by atoms with E-state index in [0.717, 1.165) is 0 Å². The molecular weight excluding hydrogens is 1580 g/mol. The molecule has 0 saturated heterocycles. The Hall–Kier alpha value is -10.4. The smallest absolute Gasteiger partial charge is 0.200 e. The van der Waals surface area contributed by atoms with Gasteiger partial charge in [-0.15, -0.1) is 23.3 Å². The molecule has 4 unspecified atom stereocenters. The quantitative estimate of drug-likeness (QED) is 0.0513. The van der Waals surface area contributed by atoms with Crippen molar-refractivity contribution in [2.24, 2.45) is 0 Å². The molecule has 0 bridgehead atoms. The lowest BCUT2D eigenvalue weighted by atomic mass is 9.01. The fourth-order valence-corrected chi connectivity index (χ4v) is 15.4. The van der Waals surface area contributed by atoms with Crippen molar-refractivity contribution in [3.63, 3.8) is 0 Å². The first-order valence-electron chi connectivity index (χ1n) is 30.1. The van der Waals surface area contributed by atoms with E-state index in [1.807, 2.05) is 0 Å². The summed E-state index contributed by atoms with van der Waals surface area (Å²) in [7, 11) is 2.11. The maximum absolute atomic E-state index is 17.7. The van der Waals surface area contributed by atoms with E-state index >= 15 is 123 Å². The fourth-order valence-electron chi connectivity index (χ4n) is 15.4. The highest BCUT2D eigenvalue weighted by Crippen LogP contribution is 2.74. The first-order chi connectivity index (χ1) is 50.9. The zero-order valence-electron chi connectivity index (χ0n) is 52.3. The molecule has 1 nitrogen and oxygen atoms in total. The minimum atomic E-state index is -6.62. The first-order valence-corrected chi connectivity index (χ1v) is 30.1. The number of rotatable bonds is 8. The van der Waals surface area contributed by atoms with E-state index < -0.39 is 375 Å². The van der Waals surface area contributed by atoms with Crippen molar-refractivity contribution in [2.75, 3.05) is 13.6 Å². The highest BCUT2D eigenvalue weighted by Gasteiger charge is 2.66. The predicted molar refractivity (Wildman–Crippen MR) is 299 cm³/mol. The zero-order valence-corrected chi connectivity index (χ0v) is 52.3. The Balaban J connectivity index is 0.000000332. The second kappa shape index (κ2) is 27.0. The molecule has 0 aromatic heterocycles. The molecule has 0 heterocycles. The Labute approximate surface area is 579 Å². The number of hydrogen-bond donors (Lipinski definition) is 1. The number of quaternary nitrogens is 1. The van der Waals surface area contributed by atoms with Gasteiger partial charge in [0.15, 0.2) is 209 Å². The Kier molecular flexibility index (Phi) is 19.4. The van der Waals surface area contributed by atoms with Crippen molar-refractivity contribution in [3.8, 4) is 55.6 Å². The van der Waals surface area contributed by atoms with E-state index in [0.29, 0.717) is 0 Å². The molecule has 10 aromatic rings. The van der Waals surface area contributed by atoms with E-state index in [-0.39, 0.29) is 0 Å². The molecule has 40 heteroatoms. The van der Waals surface area contributed by atoms with Crippen LogP contribution in [0.5, 0.6) is 0 Å². The van der Waals surface area contributed by atoms with Gasteiger partial charge in [-0.05, 0) is 52.9 Å². The molecule has 0 fully saturated rings. The van der Waals surface area contributed by atoms with Crippen LogP contribution < -0.4 is 5.32 Å². The lowest BCUT2D eigenvalue weighted by Gasteiger charge is -2.60. The van der Waals surface area contributed by atoms with Gasteiger partial charge in [-0.3, -0.25) is 0 Å². The molecular formula is C69H22BF38N. The molecule has 4 atom stereocenters. The van der Waals surface area contributed by atoms with Crippen LogP contribution in [0.4, 0.5) is 167 Å². The van der Waals surface area contributed by atoms with Gasteiger partial charge < -0.3 is 5.32 Å². The van der Waals surface area contributed by atoms with E-state index in [4.69, 9.17) is 0 Å². The van der Waals surface area contributed by atoms with Crippen LogP contribution in [0, 0.1) is 221 Å². The molecule has 2 N–H and O–H groups in total. The van der Waals surface area contributed by atoms with Crippen LogP contribution in [0.2, 0.25) is 0 Å². The van der Waals surface area contributed by atoms with Gasteiger partial charge in [0.1, 0.15) is 0 Å². The lowest BCUT2D eigenvalue weighted by Crippen LogP contribution is -2.79. The standard InChI is InChI=1S/C52H8BF28.C12F10.C5H13N/c54-9-1-5-13(33(62)29(9)58)17-21(41(70)49(78)45(74)37(17)66)25(5)53(26-6-2-10(55)30(59)34(63)14(6)18-22(26)42(71)50(79)46(75)38(18)67,27-7-3-11(56)31(60)35(64)15(7)19-23(27)43(72)51(80)47(76)39(19)68)28-8-4-12(57)32(61)36(65)16(8)20-24(28)44(73)52(81)48(77)40(20)69;13-3-1(4(14)8(18)11(21)7(3)17)2-5(15)9(19)12(22)10(20)6(2)16;1-3-4-5-6-2/h1-4,25-28H;;6H,3-5H2,1-2H3/q-1;;/p+1. The molecule has 572 valence electrons. The zero-order chi connectivity index (χ0) is 80.8. The molecule has 0 aliphatic heterocycles. The van der Waals surface area contributed by atoms with Crippen molar-refractivity contribution in [2.45, 2.75) is 43.0 Å². The third-order valence-corrected chi connectivity index (χ3v) is 19.4. The van der Waals surface area contributed by atoms with E-state index in [9.17, 15) is 43.9 Å². The van der Waals surface area contributed by atoms with Crippen LogP contribution in [-0.2, 0) is 0 Å². The number of benzene rings is 10. The maximum Gasteiger partial charge on any atom is 0.200 e. The average molecular weight is 1600 g/mol. The van der Waals surface area contributed by atoms with Crippen molar-refractivity contribution in [1.82, 2.24) is 0 Å². The van der Waals surface area contributed by atoms with E-state index in [1.165, 1.54) is 19.4 Å². The van der Waals surface area contributed by atoms with Gasteiger partial charge in [0.25, 0.3) is 0 Å². The van der Waals surface area contributed by atoms with Gasteiger partial charge in [0.2, 0.25) is 11.6 Å². The Morgan fingerprint density at radius 1 is 0.211 bits per heavy atom. The van der Waals surface area contributed by atoms with E-state index in [2.05, 4.69) is 19.3 Å². The fraction of sp³-hybridized carbons (Fsp3) is 0.130. The Bertz CT molecular complexity index is 5070. The van der Waals surface area contributed by atoms with Crippen LogP contribution in [-0.4, -0.2) is 19.7 Å². The van der Waals surface area contributed by atoms with Crippen molar-refractivity contribution in [3.05, 3.63) is 290 Å². The molecule has 4 aliphatic rings. The monoisotopic (exact) mass is 1600 g/mol. The Morgan fingerprint density at radius 2 is 0.367 bits per heavy atom. The SMILES string of the molecule is CCCC[NH2+]C.Fc1c(F)c(F)c(-c2c(F)c(F)c(F)c(F)c2F)c(F)c1F.Fc1cc2c(c(F)c1F)-c1c(F)c(F)c(F)c(F)c1C2[B-](C1c2cc(F)c(F)c(F)c2-c2c(F)c(F)c(F)c(F)c21)(C1c2cc(F)c(F)c(F)c2-c2c(F)c(F)c(F)c(F)c21)C1c2cc(F)c(F)c(F)c2-c2c(F)c(F)c(F)c(F)c21. The maximum atomic E-state index is 17.7. The number of nitrogens with two attached hydrogens (primary N) is 1. The summed E-state index contributed by atoms with van der Waals surface area (Å²) >= 11 is 0. The summed E-state index contributed by atoms with van der Waals surface area (Å²) in [6.45, 7) is 3.50. The molecule has 14 rings (SSSR count). The van der Waals surface area contributed by atoms with Crippen molar-refractivity contribution < 1.29 is 172 Å². The number of unbranched alkanes of at least 4 members (excludes halogenated alkanes) is 1. The highest BCUT2D eigenvalue weighted by molar-refractivity contribution is 6.88. The van der Waals surface area contributed by atoms with Crippen LogP contribution in [0.15, 0.2) is 24.3 Å². The summed E-state index contributed by atoms with van der Waals surface area (Å²) in [4.78, 5) is 0. The van der Waals surface area contributed by atoms with Gasteiger partial charge in [-0.1, -0.05) is 35.6 Å². The summed E-state index contributed by atoms with van der Waals surface area (Å²) in [6.07, 6.45) is -3.94. The number of fused-ring (bicyclic) bond motifs is 12. The number of hydrogen-bond acceptors (Lipinski definition) is 0. The Morgan fingerprint density at radius 3 is 0.532 bits per heavy atom. The third-order valence-electron chi connectivity index (χ3n) is 19.4. The topological polar surface area (TPSA) is 16.6 Å². The molecule has 0 radical (unpaired) electrons. The van der Waals surface area contributed by atoms with Gasteiger partial charge >= 0.3 is 0 Å². The minimum absolute atomic E-state index is 0.621. The second-order valence-corrected chi connectivity index (χ2v) is 24.5. The lowest BCUT2D eigenvalue weighted by molar-refractivity contribution is -0.627. The van der Waals surface area contributed by atoms with E-state index in [1.54, 1.807) is 0 Å². The molecule has 109 heavy (non-hydrogen) atoms. The molecule has 10 aromatic carbocycles. The second-order valence-electron chi connectivity index (χ2n) is 24.5. The summed E-state index contributed by atoms with van der Waals surface area (Å²) in [5, 5.41) is 2.21. The normalized spacial score (nSPS) is 15.9. The summed E-state index contributed by atoms with van der Waals surface area (Å²) in [6, 6.07) is -2.48. The van der Waals surface area contributed by atoms with Crippen LogP contribution in [0.3, 0.4) is 0 Å². The number of halogens is 38. The molecule has 0 saturated carbocycles. The van der Waals surface area contributed by atoms with Crippen LogP contribution >= 0.6 is 0 Å². The third kappa shape index (κ3) is 10.4. The van der Waals surface area contributed by atoms with Crippen LogP contribution in [0.25, 0.3) is 55.6 Å². The highest BCUT2D eigenvalue weighted by atomic mass is 19.2.